The highest BCUT2D eigenvalue weighted by atomic mass is 32.2. The Morgan fingerprint density at radius 2 is 2.04 bits per heavy atom. The van der Waals surface area contributed by atoms with E-state index in [9.17, 15) is 14.4 Å². The number of ether oxygens (including phenoxy) is 1. The second-order valence-corrected chi connectivity index (χ2v) is 7.02. The van der Waals surface area contributed by atoms with E-state index < -0.39 is 11.1 Å². The van der Waals surface area contributed by atoms with Gasteiger partial charge in [0, 0.05) is 6.54 Å². The molecule has 0 radical (unpaired) electrons. The molecule has 1 aliphatic heterocycles. The van der Waals surface area contributed by atoms with Crippen LogP contribution < -0.4 is 10.1 Å². The Kier molecular flexibility index (Phi) is 6.87. The first-order valence-electron chi connectivity index (χ1n) is 8.09. The van der Waals surface area contributed by atoms with Gasteiger partial charge in [-0.1, -0.05) is 31.9 Å². The van der Waals surface area contributed by atoms with Crippen LogP contribution in [0.25, 0.3) is 6.08 Å². The van der Waals surface area contributed by atoms with Crippen molar-refractivity contribution >= 4 is 34.9 Å². The number of imide groups is 1. The lowest BCUT2D eigenvalue weighted by atomic mass is 10.2. The van der Waals surface area contributed by atoms with Crippen molar-refractivity contribution in [1.82, 2.24) is 10.2 Å². The van der Waals surface area contributed by atoms with Crippen LogP contribution in [0, 0.1) is 18.3 Å². The Hall–Kier alpha value is -2.72. The van der Waals surface area contributed by atoms with E-state index >= 15 is 0 Å². The molecule has 1 N–H and O–H groups in total. The maximum Gasteiger partial charge on any atom is 0.294 e. The number of carbonyl (C=O) groups excluding carboxylic acids is 3. The number of hydrogen-bond donors (Lipinski definition) is 1. The molecular formula is C19H20N2O4S. The van der Waals surface area contributed by atoms with E-state index in [1.54, 1.807) is 30.3 Å². The molecule has 1 fully saturated rings. The van der Waals surface area contributed by atoms with Crippen LogP contribution in [-0.4, -0.2) is 41.6 Å². The van der Waals surface area contributed by atoms with Gasteiger partial charge in [-0.05, 0) is 41.5 Å². The van der Waals surface area contributed by atoms with Crippen molar-refractivity contribution in [1.29, 1.82) is 0 Å². The summed E-state index contributed by atoms with van der Waals surface area (Å²) in [6.45, 7) is 4.33. The van der Waals surface area contributed by atoms with Gasteiger partial charge in [-0.3, -0.25) is 19.3 Å². The lowest BCUT2D eigenvalue weighted by Crippen LogP contribution is -2.40. The molecule has 26 heavy (non-hydrogen) atoms. The normalized spacial score (nSPS) is 15.5. The summed E-state index contributed by atoms with van der Waals surface area (Å²) in [5.74, 6) is 2.48. The number of thioether (sulfide) groups is 1. The number of rotatable bonds is 7. The first-order valence-corrected chi connectivity index (χ1v) is 8.90. The molecule has 0 saturated carbocycles. The van der Waals surface area contributed by atoms with Crippen LogP contribution in [0.2, 0.25) is 0 Å². The van der Waals surface area contributed by atoms with Gasteiger partial charge in [0.1, 0.15) is 18.9 Å². The molecule has 0 aliphatic carbocycles. The highest BCUT2D eigenvalue weighted by molar-refractivity contribution is 8.18. The minimum Gasteiger partial charge on any atom is -0.481 e. The molecule has 1 aliphatic rings. The van der Waals surface area contributed by atoms with Crippen molar-refractivity contribution in [3.63, 3.8) is 0 Å². The fourth-order valence-electron chi connectivity index (χ4n) is 2.09. The zero-order valence-electron chi connectivity index (χ0n) is 14.7. The summed E-state index contributed by atoms with van der Waals surface area (Å²) in [4.78, 5) is 37.5. The highest BCUT2D eigenvalue weighted by Crippen LogP contribution is 2.32. The number of amides is 3. The number of hydrogen-bond acceptors (Lipinski definition) is 5. The van der Waals surface area contributed by atoms with E-state index in [1.807, 2.05) is 13.8 Å². The highest BCUT2D eigenvalue weighted by Gasteiger charge is 2.36. The fraction of sp³-hybridized carbons (Fsp3) is 0.316. The van der Waals surface area contributed by atoms with Gasteiger partial charge >= 0.3 is 0 Å². The molecule has 1 saturated heterocycles. The van der Waals surface area contributed by atoms with Crippen molar-refractivity contribution in [2.24, 2.45) is 5.92 Å². The van der Waals surface area contributed by atoms with Crippen molar-refractivity contribution in [3.8, 4) is 18.1 Å². The van der Waals surface area contributed by atoms with Crippen LogP contribution in [0.1, 0.15) is 19.4 Å². The van der Waals surface area contributed by atoms with E-state index in [4.69, 9.17) is 11.2 Å². The zero-order valence-corrected chi connectivity index (χ0v) is 15.5. The molecule has 2 rings (SSSR count). The third-order valence-corrected chi connectivity index (χ3v) is 4.29. The maximum absolute atomic E-state index is 12.4. The van der Waals surface area contributed by atoms with Gasteiger partial charge in [0.2, 0.25) is 5.91 Å². The maximum atomic E-state index is 12.4. The summed E-state index contributed by atoms with van der Waals surface area (Å²) in [6, 6.07) is 6.98. The SMILES string of the molecule is C#CCOc1ccc(/C=C2\SC(=O)N(CC(=O)NCC(C)C)C2=O)cc1. The molecular weight excluding hydrogens is 352 g/mol. The molecule has 0 aromatic heterocycles. The minimum atomic E-state index is -0.465. The number of terminal acetylenes is 1. The average molecular weight is 372 g/mol. The second-order valence-electron chi connectivity index (χ2n) is 6.03. The fourth-order valence-corrected chi connectivity index (χ4v) is 2.93. The number of nitrogens with one attached hydrogen (secondary N) is 1. The summed E-state index contributed by atoms with van der Waals surface area (Å²) in [5, 5.41) is 2.25. The Bertz CT molecular complexity index is 763. The largest absolute Gasteiger partial charge is 0.481 e. The van der Waals surface area contributed by atoms with E-state index in [0.29, 0.717) is 18.2 Å². The summed E-state index contributed by atoms with van der Waals surface area (Å²) in [6.07, 6.45) is 6.75. The molecule has 1 aromatic rings. The van der Waals surface area contributed by atoms with Crippen molar-refractivity contribution in [2.45, 2.75) is 13.8 Å². The summed E-state index contributed by atoms with van der Waals surface area (Å²) in [5.41, 5.74) is 0.743. The zero-order chi connectivity index (χ0) is 19.1. The Labute approximate surface area is 157 Å². The van der Waals surface area contributed by atoms with Crippen LogP contribution in [0.4, 0.5) is 4.79 Å². The van der Waals surface area contributed by atoms with Gasteiger partial charge in [0.15, 0.2) is 0 Å². The molecule has 3 amide bonds. The number of carbonyl (C=O) groups is 3. The Balaban J connectivity index is 2.02. The van der Waals surface area contributed by atoms with Crippen LogP contribution in [0.5, 0.6) is 5.75 Å². The minimum absolute atomic E-state index is 0.178. The van der Waals surface area contributed by atoms with Gasteiger partial charge in [-0.25, -0.2) is 0 Å². The first-order chi connectivity index (χ1) is 12.4. The van der Waals surface area contributed by atoms with Crippen molar-refractivity contribution < 1.29 is 19.1 Å². The molecule has 0 atom stereocenters. The van der Waals surface area contributed by atoms with Gasteiger partial charge < -0.3 is 10.1 Å². The third-order valence-electron chi connectivity index (χ3n) is 3.38. The molecule has 136 valence electrons. The van der Waals surface area contributed by atoms with Gasteiger partial charge in [-0.15, -0.1) is 6.42 Å². The summed E-state index contributed by atoms with van der Waals surface area (Å²) < 4.78 is 5.28. The van der Waals surface area contributed by atoms with E-state index in [-0.39, 0.29) is 24.0 Å². The Morgan fingerprint density at radius 1 is 1.35 bits per heavy atom. The predicted octanol–water partition coefficient (Wildman–Crippen LogP) is 2.51. The third kappa shape index (κ3) is 5.39. The smallest absolute Gasteiger partial charge is 0.294 e. The average Bonchev–Trinajstić information content (AvgIpc) is 2.87. The molecule has 0 bridgehead atoms. The molecule has 1 aromatic carbocycles. The van der Waals surface area contributed by atoms with E-state index in [0.717, 1.165) is 22.2 Å². The molecule has 6 nitrogen and oxygen atoms in total. The van der Waals surface area contributed by atoms with Crippen LogP contribution >= 0.6 is 11.8 Å². The van der Waals surface area contributed by atoms with Crippen LogP contribution in [0.15, 0.2) is 29.2 Å². The van der Waals surface area contributed by atoms with E-state index in [2.05, 4.69) is 11.2 Å². The standard InChI is InChI=1S/C19H20N2O4S/c1-4-9-25-15-7-5-14(6-8-15)10-16-18(23)21(19(24)26-16)12-17(22)20-11-13(2)3/h1,5-8,10,13H,9,11-12H2,2-3H3,(H,20,22)/b16-10-. The van der Waals surface area contributed by atoms with Gasteiger partial charge in [0.05, 0.1) is 4.91 Å². The molecule has 0 unspecified atom stereocenters. The van der Waals surface area contributed by atoms with Crippen molar-refractivity contribution in [3.05, 3.63) is 34.7 Å². The van der Waals surface area contributed by atoms with Crippen molar-refractivity contribution in [2.75, 3.05) is 19.7 Å². The molecule has 7 heteroatoms. The monoisotopic (exact) mass is 372 g/mol. The summed E-state index contributed by atoms with van der Waals surface area (Å²) >= 11 is 0.822. The van der Waals surface area contributed by atoms with Gasteiger partial charge in [0.25, 0.3) is 11.1 Å². The molecule has 0 spiro atoms. The lowest BCUT2D eigenvalue weighted by molar-refractivity contribution is -0.129. The molecule has 1 heterocycles. The van der Waals surface area contributed by atoms with Crippen LogP contribution in [0.3, 0.4) is 0 Å². The predicted molar refractivity (Wildman–Crippen MR) is 101 cm³/mol. The van der Waals surface area contributed by atoms with E-state index in [1.165, 1.54) is 0 Å². The number of nitrogens with zero attached hydrogens (tertiary/aromatic N) is 1. The van der Waals surface area contributed by atoms with Crippen LogP contribution in [-0.2, 0) is 9.59 Å². The quantitative estimate of drug-likeness (QED) is 0.588. The first kappa shape index (κ1) is 19.6. The second kappa shape index (κ2) is 9.11. The summed E-state index contributed by atoms with van der Waals surface area (Å²) in [7, 11) is 0. The number of benzene rings is 1. The Morgan fingerprint density at radius 3 is 2.65 bits per heavy atom. The van der Waals surface area contributed by atoms with Gasteiger partial charge in [-0.2, -0.15) is 0 Å². The topological polar surface area (TPSA) is 75.7 Å². The lowest BCUT2D eigenvalue weighted by Gasteiger charge is -2.13.